The molecule has 7 nitrogen and oxygen atoms in total. The third kappa shape index (κ3) is 4.71. The predicted octanol–water partition coefficient (Wildman–Crippen LogP) is 4.38. The second kappa shape index (κ2) is 10.3. The first kappa shape index (κ1) is 23.9. The van der Waals surface area contributed by atoms with Crippen molar-refractivity contribution in [1.29, 1.82) is 0 Å². The Morgan fingerprint density at radius 2 is 1.60 bits per heavy atom. The fourth-order valence-electron chi connectivity index (χ4n) is 4.31. The Kier molecular flexibility index (Phi) is 7.06. The lowest BCUT2D eigenvalue weighted by molar-refractivity contribution is -0.139. The van der Waals surface area contributed by atoms with Crippen LogP contribution in [-0.2, 0) is 16.0 Å². The minimum Gasteiger partial charge on any atom is -0.507 e. The summed E-state index contributed by atoms with van der Waals surface area (Å²) in [6, 6.07) is 20.7. The van der Waals surface area contributed by atoms with E-state index in [2.05, 4.69) is 0 Å². The zero-order chi connectivity index (χ0) is 24.9. The molecule has 0 spiro atoms. The zero-order valence-corrected chi connectivity index (χ0v) is 19.9. The van der Waals surface area contributed by atoms with Crippen molar-refractivity contribution >= 4 is 17.4 Å². The first-order valence-electron chi connectivity index (χ1n) is 11.2. The molecule has 0 saturated carbocycles. The highest BCUT2D eigenvalue weighted by Gasteiger charge is 2.45. The van der Waals surface area contributed by atoms with Gasteiger partial charge >= 0.3 is 0 Å². The Morgan fingerprint density at radius 3 is 2.29 bits per heavy atom. The molecule has 1 fully saturated rings. The van der Waals surface area contributed by atoms with Gasteiger partial charge in [0.1, 0.15) is 11.5 Å². The van der Waals surface area contributed by atoms with E-state index in [0.717, 1.165) is 5.56 Å². The van der Waals surface area contributed by atoms with Gasteiger partial charge in [0.15, 0.2) is 11.5 Å². The molecule has 1 aliphatic heterocycles. The number of aliphatic hydroxyl groups is 1. The van der Waals surface area contributed by atoms with Gasteiger partial charge < -0.3 is 24.2 Å². The molecule has 3 aromatic rings. The summed E-state index contributed by atoms with van der Waals surface area (Å²) < 4.78 is 16.1. The molecular weight excluding hydrogens is 446 g/mol. The Labute approximate surface area is 204 Å². The number of carbonyl (C=O) groups excluding carboxylic acids is 2. The molecule has 1 N–H and O–H groups in total. The minimum atomic E-state index is -0.759. The lowest BCUT2D eigenvalue weighted by Crippen LogP contribution is -2.31. The minimum absolute atomic E-state index is 0.0572. The van der Waals surface area contributed by atoms with Crippen LogP contribution in [0.25, 0.3) is 5.76 Å². The van der Waals surface area contributed by atoms with Gasteiger partial charge in [0.05, 0.1) is 32.9 Å². The van der Waals surface area contributed by atoms with Crippen molar-refractivity contribution < 1.29 is 28.9 Å². The zero-order valence-electron chi connectivity index (χ0n) is 19.9. The van der Waals surface area contributed by atoms with Crippen molar-refractivity contribution in [1.82, 2.24) is 4.90 Å². The highest BCUT2D eigenvalue weighted by Crippen LogP contribution is 2.40. The maximum absolute atomic E-state index is 13.2. The van der Waals surface area contributed by atoms with Crippen molar-refractivity contribution in [3.63, 3.8) is 0 Å². The van der Waals surface area contributed by atoms with Crippen LogP contribution in [0.5, 0.6) is 17.2 Å². The Bertz CT molecular complexity index is 1270. The summed E-state index contributed by atoms with van der Waals surface area (Å²) in [7, 11) is 4.68. The third-order valence-corrected chi connectivity index (χ3v) is 6.09. The molecule has 3 aromatic carbocycles. The molecule has 0 radical (unpaired) electrons. The van der Waals surface area contributed by atoms with Crippen LogP contribution in [0, 0.1) is 0 Å². The van der Waals surface area contributed by atoms with Gasteiger partial charge in [-0.05, 0) is 41.8 Å². The third-order valence-electron chi connectivity index (χ3n) is 6.09. The number of ketones is 1. The topological polar surface area (TPSA) is 85.3 Å². The maximum atomic E-state index is 13.2. The lowest BCUT2D eigenvalue weighted by Gasteiger charge is -2.26. The number of aliphatic hydroxyl groups excluding tert-OH is 1. The molecule has 1 unspecified atom stereocenters. The second-order valence-corrected chi connectivity index (χ2v) is 8.07. The molecule has 0 aliphatic carbocycles. The van der Waals surface area contributed by atoms with Crippen molar-refractivity contribution in [2.75, 3.05) is 27.9 Å². The van der Waals surface area contributed by atoms with Crippen LogP contribution in [0.2, 0.25) is 0 Å². The number of hydrogen-bond donors (Lipinski definition) is 1. The van der Waals surface area contributed by atoms with Crippen molar-refractivity contribution in [2.24, 2.45) is 0 Å². The van der Waals surface area contributed by atoms with Gasteiger partial charge in [0.2, 0.25) is 0 Å². The standard InChI is InChI=1S/C28H27NO6/c1-33-21-11-7-10-20(17-21)25-24(26(30)19-8-5-4-6-9-19)27(31)28(32)29(25)15-14-18-12-13-22(34-2)23(16-18)35-3/h4-13,16-17,25,30H,14-15H2,1-3H3/b26-24-. The predicted molar refractivity (Wildman–Crippen MR) is 132 cm³/mol. The molecule has 1 atom stereocenters. The fraction of sp³-hybridized carbons (Fsp3) is 0.214. The van der Waals surface area contributed by atoms with Crippen molar-refractivity contribution in [2.45, 2.75) is 12.5 Å². The molecule has 1 heterocycles. The second-order valence-electron chi connectivity index (χ2n) is 8.07. The lowest BCUT2D eigenvalue weighted by atomic mass is 9.95. The summed E-state index contributed by atoms with van der Waals surface area (Å²) in [5.41, 5.74) is 2.12. The van der Waals surface area contributed by atoms with Crippen LogP contribution < -0.4 is 14.2 Å². The van der Waals surface area contributed by atoms with Crippen LogP contribution in [0.4, 0.5) is 0 Å². The quantitative estimate of drug-likeness (QED) is 0.297. The highest BCUT2D eigenvalue weighted by atomic mass is 16.5. The van der Waals surface area contributed by atoms with Crippen molar-refractivity contribution in [3.05, 3.63) is 95.1 Å². The van der Waals surface area contributed by atoms with E-state index in [0.29, 0.717) is 34.8 Å². The summed E-state index contributed by atoms with van der Waals surface area (Å²) in [5, 5.41) is 11.1. The molecular formula is C28H27NO6. The summed E-state index contributed by atoms with van der Waals surface area (Å²) in [6.07, 6.45) is 0.471. The fourth-order valence-corrected chi connectivity index (χ4v) is 4.31. The smallest absolute Gasteiger partial charge is 0.295 e. The Morgan fingerprint density at radius 1 is 0.857 bits per heavy atom. The SMILES string of the molecule is COc1cccc(C2/C(=C(/O)c3ccccc3)C(=O)C(=O)N2CCc2ccc(OC)c(OC)c2)c1. The molecule has 1 saturated heterocycles. The molecule has 0 aromatic heterocycles. The molecule has 35 heavy (non-hydrogen) atoms. The Hall–Kier alpha value is -4.26. The van der Waals surface area contributed by atoms with E-state index in [1.54, 1.807) is 69.9 Å². The number of rotatable bonds is 8. The number of nitrogens with zero attached hydrogens (tertiary/aromatic N) is 1. The number of Topliss-reactive ketones (excluding diaryl/α,β-unsaturated/α-hetero) is 1. The summed E-state index contributed by atoms with van der Waals surface area (Å²) >= 11 is 0. The van der Waals surface area contributed by atoms with E-state index >= 15 is 0 Å². The maximum Gasteiger partial charge on any atom is 0.295 e. The van der Waals surface area contributed by atoms with E-state index in [1.807, 2.05) is 24.3 Å². The summed E-state index contributed by atoms with van der Waals surface area (Å²) in [5.74, 6) is 0.205. The van der Waals surface area contributed by atoms with E-state index in [1.165, 1.54) is 4.90 Å². The number of ether oxygens (including phenoxy) is 3. The molecule has 4 rings (SSSR count). The summed E-state index contributed by atoms with van der Waals surface area (Å²) in [4.78, 5) is 27.9. The van der Waals surface area contributed by atoms with Gasteiger partial charge in [-0.15, -0.1) is 0 Å². The number of methoxy groups -OCH3 is 3. The average molecular weight is 474 g/mol. The first-order valence-corrected chi connectivity index (χ1v) is 11.2. The molecule has 1 amide bonds. The molecule has 7 heteroatoms. The molecule has 180 valence electrons. The number of amides is 1. The molecule has 0 bridgehead atoms. The molecule has 1 aliphatic rings. The van der Waals surface area contributed by atoms with E-state index in [-0.39, 0.29) is 17.9 Å². The first-order chi connectivity index (χ1) is 17.0. The van der Waals surface area contributed by atoms with Gasteiger partial charge in [-0.1, -0.05) is 48.5 Å². The van der Waals surface area contributed by atoms with E-state index in [4.69, 9.17) is 14.2 Å². The Balaban J connectivity index is 1.75. The number of hydrogen-bond acceptors (Lipinski definition) is 6. The number of likely N-dealkylation sites (tertiary alicyclic amines) is 1. The van der Waals surface area contributed by atoms with Gasteiger partial charge in [-0.3, -0.25) is 9.59 Å². The number of carbonyl (C=O) groups is 2. The van der Waals surface area contributed by atoms with Gasteiger partial charge in [0.25, 0.3) is 11.7 Å². The average Bonchev–Trinajstić information content (AvgIpc) is 3.16. The summed E-state index contributed by atoms with van der Waals surface area (Å²) in [6.45, 7) is 0.257. The van der Waals surface area contributed by atoms with Crippen LogP contribution >= 0.6 is 0 Å². The van der Waals surface area contributed by atoms with E-state index in [9.17, 15) is 14.7 Å². The van der Waals surface area contributed by atoms with E-state index < -0.39 is 17.7 Å². The van der Waals surface area contributed by atoms with Crippen LogP contribution in [0.15, 0.2) is 78.4 Å². The van der Waals surface area contributed by atoms with Crippen LogP contribution in [0.1, 0.15) is 22.7 Å². The van der Waals surface area contributed by atoms with Crippen LogP contribution in [-0.4, -0.2) is 49.6 Å². The van der Waals surface area contributed by atoms with Gasteiger partial charge in [0, 0.05) is 12.1 Å². The van der Waals surface area contributed by atoms with Gasteiger partial charge in [-0.25, -0.2) is 0 Å². The van der Waals surface area contributed by atoms with Crippen LogP contribution in [0.3, 0.4) is 0 Å². The highest BCUT2D eigenvalue weighted by molar-refractivity contribution is 6.46. The van der Waals surface area contributed by atoms with Gasteiger partial charge in [-0.2, -0.15) is 0 Å². The normalized spacial score (nSPS) is 16.9. The largest absolute Gasteiger partial charge is 0.507 e. The monoisotopic (exact) mass is 473 g/mol. The number of benzene rings is 3. The van der Waals surface area contributed by atoms with Crippen molar-refractivity contribution in [3.8, 4) is 17.2 Å².